The fraction of sp³-hybridized carbons (Fsp3) is 0.241. The molecule has 1 atom stereocenters. The van der Waals surface area contributed by atoms with Crippen LogP contribution >= 0.6 is 0 Å². The molecule has 0 aromatic heterocycles. The number of nitrogens with one attached hydrogen (secondary N) is 1. The van der Waals surface area contributed by atoms with Crippen LogP contribution in [0.3, 0.4) is 0 Å². The summed E-state index contributed by atoms with van der Waals surface area (Å²) in [4.78, 5) is 27.3. The minimum absolute atomic E-state index is 0.0674. The van der Waals surface area contributed by atoms with Gasteiger partial charge in [-0.3, -0.25) is 14.8 Å². The summed E-state index contributed by atoms with van der Waals surface area (Å²) in [5, 5.41) is 10.9. The number of ether oxygens (including phenoxy) is 1. The highest BCUT2D eigenvalue weighted by Crippen LogP contribution is 2.26. The molecule has 3 aromatic carbocycles. The Hall–Kier alpha value is -3.90. The van der Waals surface area contributed by atoms with Crippen LogP contribution in [-0.4, -0.2) is 41.1 Å². The number of allylic oxidation sites excluding steroid dienone is 1. The van der Waals surface area contributed by atoms with Gasteiger partial charge in [-0.1, -0.05) is 60.7 Å². The Labute approximate surface area is 205 Å². The Kier molecular flexibility index (Phi) is 7.95. The zero-order valence-corrected chi connectivity index (χ0v) is 19.8. The summed E-state index contributed by atoms with van der Waals surface area (Å²) in [7, 11) is 0. The molecular formula is C29H30N2O4. The number of amides is 2. The van der Waals surface area contributed by atoms with E-state index >= 15 is 0 Å². The number of fused-ring (bicyclic) bond motifs is 1. The minimum atomic E-state index is -0.586. The van der Waals surface area contributed by atoms with E-state index in [2.05, 4.69) is 12.2 Å². The van der Waals surface area contributed by atoms with E-state index in [9.17, 15) is 9.59 Å². The van der Waals surface area contributed by atoms with Gasteiger partial charge < -0.3 is 9.64 Å². The van der Waals surface area contributed by atoms with Crippen molar-refractivity contribution in [1.29, 1.82) is 0 Å². The summed E-state index contributed by atoms with van der Waals surface area (Å²) in [6.07, 6.45) is 9.12. The molecule has 0 heterocycles. The molecule has 0 saturated heterocycles. The van der Waals surface area contributed by atoms with Crippen LogP contribution in [0.4, 0.5) is 0 Å². The molecule has 0 saturated carbocycles. The van der Waals surface area contributed by atoms with Crippen molar-refractivity contribution in [1.82, 2.24) is 10.4 Å². The third-order valence-corrected chi connectivity index (χ3v) is 6.25. The number of rotatable bonds is 8. The van der Waals surface area contributed by atoms with E-state index in [0.29, 0.717) is 17.7 Å². The third-order valence-electron chi connectivity index (χ3n) is 6.25. The second-order valence-electron chi connectivity index (χ2n) is 8.52. The van der Waals surface area contributed by atoms with Crippen LogP contribution in [-0.2, 0) is 4.79 Å². The fourth-order valence-corrected chi connectivity index (χ4v) is 4.41. The largest absolute Gasteiger partial charge is 0.488 e. The normalized spacial score (nSPS) is 15.6. The molecule has 1 aliphatic carbocycles. The molecule has 180 valence electrons. The number of likely N-dealkylation sites (N-methyl/N-ethyl adjacent to an activating group) is 1. The number of nitrogens with zero attached hydrogens (tertiary/aromatic N) is 1. The summed E-state index contributed by atoms with van der Waals surface area (Å²) in [5.74, 6) is 0.0659. The average Bonchev–Trinajstić information content (AvgIpc) is 2.92. The standard InChI is InChI=1S/C29H30N2O4/c1-2-31(25-11-4-3-5-12-25)29(33)24(19-21-15-17-23(18-16-21)28(32)30-34)20-35-27-14-8-10-22-9-6-7-13-26(22)27/h4,6-11,13-19,25,34H,2-3,5,12,20H2,1H3,(H,30,32)/b24-19+. The Morgan fingerprint density at radius 3 is 2.57 bits per heavy atom. The van der Waals surface area contributed by atoms with Gasteiger partial charge >= 0.3 is 0 Å². The van der Waals surface area contributed by atoms with Crippen molar-refractivity contribution in [3.8, 4) is 5.75 Å². The number of benzene rings is 3. The maximum absolute atomic E-state index is 13.7. The van der Waals surface area contributed by atoms with Crippen molar-refractivity contribution in [2.45, 2.75) is 32.2 Å². The van der Waals surface area contributed by atoms with Crippen LogP contribution < -0.4 is 10.2 Å². The van der Waals surface area contributed by atoms with Crippen LogP contribution in [0, 0.1) is 0 Å². The molecule has 3 aromatic rings. The van der Waals surface area contributed by atoms with Crippen LogP contribution in [0.1, 0.15) is 42.1 Å². The number of hydroxylamine groups is 1. The molecule has 0 radical (unpaired) electrons. The van der Waals surface area contributed by atoms with Gasteiger partial charge in [-0.2, -0.15) is 0 Å². The zero-order chi connectivity index (χ0) is 24.6. The Morgan fingerprint density at radius 2 is 1.86 bits per heavy atom. The van der Waals surface area contributed by atoms with E-state index in [0.717, 1.165) is 41.3 Å². The molecule has 0 fully saturated rings. The Bertz CT molecular complexity index is 1240. The monoisotopic (exact) mass is 470 g/mol. The van der Waals surface area contributed by atoms with Gasteiger partial charge in [0, 0.05) is 17.5 Å². The number of hydrogen-bond acceptors (Lipinski definition) is 4. The van der Waals surface area contributed by atoms with Crippen LogP contribution in [0.25, 0.3) is 16.8 Å². The van der Waals surface area contributed by atoms with Crippen molar-refractivity contribution < 1.29 is 19.5 Å². The van der Waals surface area contributed by atoms with Gasteiger partial charge in [0.15, 0.2) is 0 Å². The maximum atomic E-state index is 13.7. The summed E-state index contributed by atoms with van der Waals surface area (Å²) in [6.45, 7) is 2.69. The van der Waals surface area contributed by atoms with Gasteiger partial charge in [-0.25, -0.2) is 5.48 Å². The molecule has 1 unspecified atom stereocenters. The smallest absolute Gasteiger partial charge is 0.274 e. The predicted molar refractivity (Wildman–Crippen MR) is 137 cm³/mol. The SMILES string of the molecule is CCN(C(=O)/C(=C/c1ccc(C(=O)NO)cc1)COc1cccc2ccccc12)C1C=CCCC1. The lowest BCUT2D eigenvalue weighted by atomic mass is 10.00. The lowest BCUT2D eigenvalue weighted by Gasteiger charge is -2.31. The van der Waals surface area contributed by atoms with Crippen LogP contribution in [0.5, 0.6) is 5.75 Å². The van der Waals surface area contributed by atoms with E-state index in [-0.39, 0.29) is 18.6 Å². The first kappa shape index (κ1) is 24.2. The third kappa shape index (κ3) is 5.78. The van der Waals surface area contributed by atoms with Gasteiger partial charge in [0.25, 0.3) is 11.8 Å². The van der Waals surface area contributed by atoms with Gasteiger partial charge in [0.1, 0.15) is 12.4 Å². The first-order chi connectivity index (χ1) is 17.1. The molecule has 4 rings (SSSR count). The highest BCUT2D eigenvalue weighted by molar-refractivity contribution is 5.99. The summed E-state index contributed by atoms with van der Waals surface area (Å²) >= 11 is 0. The van der Waals surface area contributed by atoms with Gasteiger partial charge in [-0.05, 0) is 61.4 Å². The first-order valence-electron chi connectivity index (χ1n) is 11.9. The molecule has 35 heavy (non-hydrogen) atoms. The van der Waals surface area contributed by atoms with Crippen molar-refractivity contribution in [2.75, 3.05) is 13.2 Å². The first-order valence-corrected chi connectivity index (χ1v) is 11.9. The summed E-state index contributed by atoms with van der Waals surface area (Å²) < 4.78 is 6.21. The van der Waals surface area contributed by atoms with E-state index < -0.39 is 5.91 Å². The Balaban J connectivity index is 1.64. The highest BCUT2D eigenvalue weighted by Gasteiger charge is 2.25. The molecular weight excluding hydrogens is 440 g/mol. The fourth-order valence-electron chi connectivity index (χ4n) is 4.41. The summed E-state index contributed by atoms with van der Waals surface area (Å²) in [5.41, 5.74) is 3.25. The van der Waals surface area contributed by atoms with Crippen molar-refractivity contribution >= 4 is 28.7 Å². The van der Waals surface area contributed by atoms with Gasteiger partial charge in [0.2, 0.25) is 0 Å². The maximum Gasteiger partial charge on any atom is 0.274 e. The van der Waals surface area contributed by atoms with Gasteiger partial charge in [-0.15, -0.1) is 0 Å². The number of carbonyl (C=O) groups excluding carboxylic acids is 2. The quantitative estimate of drug-likeness (QED) is 0.201. The van der Waals surface area contributed by atoms with Crippen LogP contribution in [0.15, 0.2) is 84.5 Å². The molecule has 6 nitrogen and oxygen atoms in total. The Morgan fingerprint density at radius 1 is 1.09 bits per heavy atom. The minimum Gasteiger partial charge on any atom is -0.488 e. The average molecular weight is 471 g/mol. The number of carbonyl (C=O) groups is 2. The molecule has 0 aliphatic heterocycles. The van der Waals surface area contributed by atoms with Crippen molar-refractivity contribution in [3.63, 3.8) is 0 Å². The highest BCUT2D eigenvalue weighted by atomic mass is 16.5. The van der Waals surface area contributed by atoms with Gasteiger partial charge in [0.05, 0.1) is 11.6 Å². The summed E-state index contributed by atoms with van der Waals surface area (Å²) in [6, 6.07) is 20.6. The second-order valence-corrected chi connectivity index (χ2v) is 8.52. The number of hydrogen-bond donors (Lipinski definition) is 2. The van der Waals surface area contributed by atoms with E-state index in [1.807, 2.05) is 60.4 Å². The second kappa shape index (κ2) is 11.5. The molecule has 2 amide bonds. The molecule has 0 bridgehead atoms. The molecule has 2 N–H and O–H groups in total. The van der Waals surface area contributed by atoms with Crippen molar-refractivity contribution in [3.05, 3.63) is 95.6 Å². The van der Waals surface area contributed by atoms with E-state index in [1.54, 1.807) is 29.7 Å². The topological polar surface area (TPSA) is 78.9 Å². The van der Waals surface area contributed by atoms with Crippen LogP contribution in [0.2, 0.25) is 0 Å². The molecule has 1 aliphatic rings. The molecule has 6 heteroatoms. The lowest BCUT2D eigenvalue weighted by Crippen LogP contribution is -2.41. The van der Waals surface area contributed by atoms with E-state index in [4.69, 9.17) is 9.94 Å². The predicted octanol–water partition coefficient (Wildman–Crippen LogP) is 5.38. The molecule has 0 spiro atoms. The van der Waals surface area contributed by atoms with Crippen molar-refractivity contribution in [2.24, 2.45) is 0 Å². The lowest BCUT2D eigenvalue weighted by molar-refractivity contribution is -0.128. The van der Waals surface area contributed by atoms with E-state index in [1.165, 1.54) is 0 Å². The zero-order valence-electron chi connectivity index (χ0n) is 19.8.